The van der Waals surface area contributed by atoms with E-state index in [4.69, 9.17) is 9.16 Å². The number of imide groups is 1. The number of phenols is 1. The Morgan fingerprint density at radius 1 is 0.875 bits per heavy atom. The summed E-state index contributed by atoms with van der Waals surface area (Å²) in [5.41, 5.74) is 5.51. The lowest BCUT2D eigenvalue weighted by Crippen LogP contribution is -2.66. The molecule has 0 spiro atoms. The summed E-state index contributed by atoms with van der Waals surface area (Å²) in [5.74, 6) is -2.64. The lowest BCUT2D eigenvalue weighted by Gasteiger charge is -2.44. The van der Waals surface area contributed by atoms with Gasteiger partial charge in [0, 0.05) is 17.3 Å². The highest BCUT2D eigenvalue weighted by molar-refractivity contribution is 14.1. The number of amides is 2. The molecule has 4 atom stereocenters. The van der Waals surface area contributed by atoms with Crippen molar-refractivity contribution in [2.75, 3.05) is 30.5 Å². The minimum absolute atomic E-state index is 0.0914. The molecule has 9 nitrogen and oxygen atoms in total. The molecular formula is C53H59IN2O7Si. The van der Waals surface area contributed by atoms with Gasteiger partial charge >= 0.3 is 0 Å². The number of halogens is 1. The number of allylic oxidation sites excluding steroid dienone is 1. The molecule has 5 aromatic carbocycles. The van der Waals surface area contributed by atoms with Crippen LogP contribution in [0.1, 0.15) is 65.4 Å². The Hall–Kier alpha value is -5.05. The van der Waals surface area contributed by atoms with Crippen LogP contribution in [-0.2, 0) is 14.0 Å². The van der Waals surface area contributed by atoms with E-state index >= 15 is 0 Å². The zero-order valence-electron chi connectivity index (χ0n) is 37.3. The molecule has 64 heavy (non-hydrogen) atoms. The van der Waals surface area contributed by atoms with Crippen LogP contribution in [0.2, 0.25) is 5.04 Å². The van der Waals surface area contributed by atoms with Gasteiger partial charge < -0.3 is 29.8 Å². The van der Waals surface area contributed by atoms with E-state index in [-0.39, 0.29) is 35.6 Å². The molecule has 5 aromatic rings. The molecule has 1 heterocycles. The molecule has 334 valence electrons. The number of anilines is 3. The Labute approximate surface area is 392 Å². The number of ether oxygens (including phenoxy) is 1. The highest BCUT2D eigenvalue weighted by Gasteiger charge is 2.56. The Morgan fingerprint density at radius 3 is 2.03 bits per heavy atom. The maximum Gasteiger partial charge on any atom is 0.261 e. The van der Waals surface area contributed by atoms with E-state index in [1.165, 1.54) is 12.0 Å². The molecule has 7 rings (SSSR count). The minimum Gasteiger partial charge on any atom is -0.504 e. The Bertz CT molecular complexity index is 2430. The van der Waals surface area contributed by atoms with Gasteiger partial charge in [0.25, 0.3) is 8.32 Å². The number of phenolic OH excluding ortho intramolecular Hbond substituents is 1. The molecule has 1 aliphatic heterocycles. The summed E-state index contributed by atoms with van der Waals surface area (Å²) in [5, 5.41) is 39.6. The van der Waals surface area contributed by atoms with Crippen LogP contribution in [0.3, 0.4) is 0 Å². The molecule has 1 saturated heterocycles. The Balaban J connectivity index is 1.27. The van der Waals surface area contributed by atoms with Gasteiger partial charge in [-0.25, -0.2) is 0 Å². The van der Waals surface area contributed by atoms with Gasteiger partial charge in [-0.3, -0.25) is 14.5 Å². The van der Waals surface area contributed by atoms with Gasteiger partial charge in [0.15, 0.2) is 11.5 Å². The lowest BCUT2D eigenvalue weighted by molar-refractivity contribution is -0.123. The van der Waals surface area contributed by atoms with Gasteiger partial charge in [-0.1, -0.05) is 125 Å². The van der Waals surface area contributed by atoms with Crippen LogP contribution in [0.25, 0.3) is 6.08 Å². The quantitative estimate of drug-likeness (QED) is 0.0314. The molecule has 0 radical (unpaired) electrons. The Morgan fingerprint density at radius 2 is 1.47 bits per heavy atom. The minimum atomic E-state index is -3.09. The molecule has 1 aliphatic carbocycles. The first-order valence-corrected chi connectivity index (χ1v) is 25.1. The first-order chi connectivity index (χ1) is 30.8. The third-order valence-electron chi connectivity index (χ3n) is 12.8. The van der Waals surface area contributed by atoms with E-state index in [9.17, 15) is 24.9 Å². The predicted molar refractivity (Wildman–Crippen MR) is 267 cm³/mol. The maximum atomic E-state index is 14.7. The number of para-hydroxylation sites is 1. The van der Waals surface area contributed by atoms with Gasteiger partial charge in [-0.05, 0) is 129 Å². The number of methoxy groups -OCH3 is 1. The number of carbonyl (C=O) groups excluding carboxylic acids is 2. The number of carbonyl (C=O) groups is 2. The number of hydrogen-bond donors (Lipinski definition) is 4. The zero-order chi connectivity index (χ0) is 45.6. The highest BCUT2D eigenvalue weighted by Crippen LogP contribution is 2.48. The number of aliphatic hydroxyl groups is 2. The summed E-state index contributed by atoms with van der Waals surface area (Å²) in [4.78, 5) is 30.6. The molecule has 0 saturated carbocycles. The van der Waals surface area contributed by atoms with E-state index in [0.29, 0.717) is 33.4 Å². The van der Waals surface area contributed by atoms with Crippen LogP contribution in [0, 0.1) is 21.3 Å². The molecule has 0 unspecified atom stereocenters. The van der Waals surface area contributed by atoms with E-state index < -0.39 is 38.8 Å². The fraction of sp³-hybridized carbons (Fsp3) is 0.321. The standard InChI is InChI=1S/C53H59IN2O7Si/c1-6-16-35(29-36-30-45(54)50(59)47(31-36)62-5)23-28-46(58)48-37(34-63-64(53(2,3)4,41-19-12-8-13-20-41)42-21-14-9-15-22-42)32-43-49(44(48)33-57)52(61)56(51(43)60)40-26-24-39(25-27-40)55-38-17-10-7-11-18-38/h7-15,17-22,24-27,29-31,43-44,46,49,55,57-59H,6,16,23,28,32-34H2,1-5H3/b35-29+/t43-,44+,46-,49-/m1/s1. The summed E-state index contributed by atoms with van der Waals surface area (Å²) in [7, 11) is -1.56. The summed E-state index contributed by atoms with van der Waals surface area (Å²) in [6, 6.07) is 41.4. The SMILES string of the molecule is CCC/C(=C\c1cc(I)c(O)c(OC)c1)CC[C@@H](O)C1=C(CO[Si](c2ccccc2)(c2ccccc2)C(C)(C)C)C[C@H]2C(=O)N(c3ccc(Nc4ccccc4)cc3)C(=O)[C@H]2[C@H]1CO. The number of hydrogen-bond acceptors (Lipinski definition) is 8. The van der Waals surface area contributed by atoms with Crippen molar-refractivity contribution in [3.63, 3.8) is 0 Å². The van der Waals surface area contributed by atoms with E-state index in [1.54, 1.807) is 18.2 Å². The number of aromatic hydroxyl groups is 1. The highest BCUT2D eigenvalue weighted by atomic mass is 127. The van der Waals surface area contributed by atoms with Crippen molar-refractivity contribution in [2.45, 2.75) is 70.9 Å². The topological polar surface area (TPSA) is 129 Å². The van der Waals surface area contributed by atoms with Crippen molar-refractivity contribution in [3.8, 4) is 11.5 Å². The summed E-state index contributed by atoms with van der Waals surface area (Å²) in [6.07, 6.45) is 3.79. The molecular weight excluding hydrogens is 932 g/mol. The maximum absolute atomic E-state index is 14.7. The van der Waals surface area contributed by atoms with Crippen LogP contribution in [-0.4, -0.2) is 61.9 Å². The number of nitrogens with zero attached hydrogens (tertiary/aromatic N) is 1. The molecule has 2 amide bonds. The average Bonchev–Trinajstić information content (AvgIpc) is 3.55. The van der Waals surface area contributed by atoms with Crippen LogP contribution in [0.4, 0.5) is 17.1 Å². The largest absolute Gasteiger partial charge is 0.504 e. The lowest BCUT2D eigenvalue weighted by atomic mass is 9.68. The third kappa shape index (κ3) is 9.64. The molecule has 1 fully saturated rings. The summed E-state index contributed by atoms with van der Waals surface area (Å²) < 4.78 is 13.6. The second-order valence-electron chi connectivity index (χ2n) is 17.8. The summed E-state index contributed by atoms with van der Waals surface area (Å²) >= 11 is 2.09. The fourth-order valence-corrected chi connectivity index (χ4v) is 15.0. The average molecular weight is 991 g/mol. The van der Waals surface area contributed by atoms with Gasteiger partial charge in [0.2, 0.25) is 11.8 Å². The predicted octanol–water partition coefficient (Wildman–Crippen LogP) is 9.76. The number of aliphatic hydroxyl groups excluding tert-OH is 2. The summed E-state index contributed by atoms with van der Waals surface area (Å²) in [6.45, 7) is 8.43. The molecule has 11 heteroatoms. The molecule has 4 N–H and O–H groups in total. The monoisotopic (exact) mass is 990 g/mol. The smallest absolute Gasteiger partial charge is 0.261 e. The number of nitrogens with one attached hydrogen (secondary N) is 1. The van der Waals surface area contributed by atoms with Crippen LogP contribution in [0.15, 0.2) is 144 Å². The van der Waals surface area contributed by atoms with E-state index in [2.05, 4.69) is 85.9 Å². The van der Waals surface area contributed by atoms with Gasteiger partial charge in [0.05, 0.1) is 47.5 Å². The van der Waals surface area contributed by atoms with Gasteiger partial charge in [-0.15, -0.1) is 0 Å². The van der Waals surface area contributed by atoms with Crippen molar-refractivity contribution in [3.05, 3.63) is 153 Å². The first-order valence-electron chi connectivity index (χ1n) is 22.1. The van der Waals surface area contributed by atoms with Gasteiger partial charge in [-0.2, -0.15) is 0 Å². The van der Waals surface area contributed by atoms with Crippen LogP contribution in [0.5, 0.6) is 11.5 Å². The number of benzene rings is 5. The molecule has 0 bridgehead atoms. The van der Waals surface area contributed by atoms with Crippen molar-refractivity contribution >= 4 is 76.2 Å². The number of fused-ring (bicyclic) bond motifs is 1. The van der Waals surface area contributed by atoms with Crippen molar-refractivity contribution in [1.82, 2.24) is 0 Å². The third-order valence-corrected chi connectivity index (χ3v) is 18.6. The van der Waals surface area contributed by atoms with Crippen LogP contribution >= 0.6 is 22.6 Å². The normalized spacial score (nSPS) is 18.6. The van der Waals surface area contributed by atoms with E-state index in [0.717, 1.165) is 51.3 Å². The number of rotatable bonds is 17. The second kappa shape index (κ2) is 20.4. The van der Waals surface area contributed by atoms with Crippen molar-refractivity contribution in [1.29, 1.82) is 0 Å². The first kappa shape index (κ1) is 46.9. The molecule has 0 aromatic heterocycles. The van der Waals surface area contributed by atoms with Crippen molar-refractivity contribution < 1.29 is 34.1 Å². The van der Waals surface area contributed by atoms with Crippen molar-refractivity contribution in [2.24, 2.45) is 17.8 Å². The second-order valence-corrected chi connectivity index (χ2v) is 23.3. The molecule has 2 aliphatic rings. The zero-order valence-corrected chi connectivity index (χ0v) is 40.4. The van der Waals surface area contributed by atoms with Crippen LogP contribution < -0.4 is 25.3 Å². The van der Waals surface area contributed by atoms with Gasteiger partial charge in [0.1, 0.15) is 0 Å². The Kier molecular flexibility index (Phi) is 15.0. The van der Waals surface area contributed by atoms with E-state index in [1.807, 2.05) is 84.9 Å². The fourth-order valence-electron chi connectivity index (χ4n) is 9.82.